The summed E-state index contributed by atoms with van der Waals surface area (Å²) in [6.07, 6.45) is 9.50. The quantitative estimate of drug-likeness (QED) is 0.678. The molecule has 5 rings (SSSR count). The fourth-order valence-corrected chi connectivity index (χ4v) is 6.22. The number of carboxylic acid groups (broad SMARTS) is 1. The third-order valence-corrected chi connectivity index (χ3v) is 7.55. The van der Waals surface area contributed by atoms with Crippen LogP contribution in [0.25, 0.3) is 0 Å². The van der Waals surface area contributed by atoms with Crippen LogP contribution in [-0.4, -0.2) is 28.9 Å². The van der Waals surface area contributed by atoms with Gasteiger partial charge in [0.2, 0.25) is 5.91 Å². The van der Waals surface area contributed by atoms with E-state index in [1.54, 1.807) is 0 Å². The summed E-state index contributed by atoms with van der Waals surface area (Å²) in [7, 11) is 0. The number of aliphatic carboxylic acids is 1. The molecule has 2 fully saturated rings. The number of amides is 2. The standard InChI is InChI=1S/C20H22N2O4S/c23-17(14-9-4-5-10(8-9)15(14)20(25)26)22-19-16(18(24)21-11-6-7-11)12-2-1-3-13(12)27-19/h4-5,9-11,14-15H,1-3,6-8H2,(H,21,24)(H,22,23)(H,25,26)/t9-,10+,14-,15+/m1/s1. The molecule has 1 aromatic heterocycles. The van der Waals surface area contributed by atoms with Gasteiger partial charge in [0, 0.05) is 10.9 Å². The van der Waals surface area contributed by atoms with Gasteiger partial charge in [-0.2, -0.15) is 0 Å². The molecule has 1 aromatic rings. The number of fused-ring (bicyclic) bond motifs is 3. The Kier molecular flexibility index (Phi) is 3.89. The third-order valence-electron chi connectivity index (χ3n) is 6.34. The van der Waals surface area contributed by atoms with E-state index < -0.39 is 17.8 Å². The Hall–Kier alpha value is -2.15. The average Bonchev–Trinajstić information content (AvgIpc) is 3.02. The van der Waals surface area contributed by atoms with Crippen molar-refractivity contribution < 1.29 is 19.5 Å². The Morgan fingerprint density at radius 3 is 2.52 bits per heavy atom. The van der Waals surface area contributed by atoms with Crippen molar-refractivity contribution in [1.29, 1.82) is 0 Å². The molecule has 2 saturated carbocycles. The number of hydrogen-bond donors (Lipinski definition) is 3. The molecule has 2 amide bonds. The second kappa shape index (κ2) is 6.19. The summed E-state index contributed by atoms with van der Waals surface area (Å²) in [5.41, 5.74) is 1.68. The molecule has 4 aliphatic carbocycles. The van der Waals surface area contributed by atoms with Crippen LogP contribution in [0, 0.1) is 23.7 Å². The number of allylic oxidation sites excluding steroid dienone is 2. The zero-order valence-corrected chi connectivity index (χ0v) is 15.7. The SMILES string of the molecule is O=C(NC1CC1)c1c(NC(=O)[C@H]2[C@@H](C(=O)O)[C@H]3C=C[C@@H]2C3)sc2c1CCC2. The van der Waals surface area contributed by atoms with Crippen molar-refractivity contribution in [1.82, 2.24) is 5.32 Å². The zero-order chi connectivity index (χ0) is 18.7. The third kappa shape index (κ3) is 2.79. The molecular formula is C20H22N2O4S. The highest BCUT2D eigenvalue weighted by Gasteiger charge is 2.51. The van der Waals surface area contributed by atoms with E-state index in [9.17, 15) is 19.5 Å². The van der Waals surface area contributed by atoms with Crippen LogP contribution in [-0.2, 0) is 22.4 Å². The maximum Gasteiger partial charge on any atom is 0.307 e. The van der Waals surface area contributed by atoms with Crippen LogP contribution in [0.4, 0.5) is 5.00 Å². The number of anilines is 1. The Bertz CT molecular complexity index is 870. The highest BCUT2D eigenvalue weighted by Crippen LogP contribution is 2.49. The molecule has 0 unspecified atom stereocenters. The Morgan fingerprint density at radius 2 is 1.81 bits per heavy atom. The molecule has 6 nitrogen and oxygen atoms in total. The molecule has 2 bridgehead atoms. The highest BCUT2D eigenvalue weighted by molar-refractivity contribution is 7.17. The second-order valence-electron chi connectivity index (χ2n) is 8.14. The first kappa shape index (κ1) is 17.0. The molecule has 3 N–H and O–H groups in total. The number of carbonyl (C=O) groups is 3. The van der Waals surface area contributed by atoms with E-state index in [2.05, 4.69) is 10.6 Å². The molecule has 0 spiro atoms. The van der Waals surface area contributed by atoms with Crippen molar-refractivity contribution >= 4 is 34.1 Å². The minimum Gasteiger partial charge on any atom is -0.481 e. The first-order valence-corrected chi connectivity index (χ1v) is 10.5. The first-order valence-electron chi connectivity index (χ1n) is 9.70. The van der Waals surface area contributed by atoms with Crippen LogP contribution in [0.1, 0.15) is 46.5 Å². The molecule has 7 heteroatoms. The van der Waals surface area contributed by atoms with Gasteiger partial charge in [0.1, 0.15) is 5.00 Å². The Labute approximate surface area is 161 Å². The number of nitrogens with one attached hydrogen (secondary N) is 2. The van der Waals surface area contributed by atoms with E-state index in [4.69, 9.17) is 0 Å². The van der Waals surface area contributed by atoms with Crippen LogP contribution in [0.2, 0.25) is 0 Å². The summed E-state index contributed by atoms with van der Waals surface area (Å²) in [6.45, 7) is 0. The lowest BCUT2D eigenvalue weighted by atomic mass is 9.82. The van der Waals surface area contributed by atoms with Crippen LogP contribution in [0.15, 0.2) is 12.2 Å². The van der Waals surface area contributed by atoms with Gasteiger partial charge in [0.25, 0.3) is 5.91 Å². The minimum atomic E-state index is -0.910. The van der Waals surface area contributed by atoms with E-state index in [1.807, 2.05) is 12.2 Å². The molecular weight excluding hydrogens is 364 g/mol. The van der Waals surface area contributed by atoms with Gasteiger partial charge in [-0.25, -0.2) is 0 Å². The number of carboxylic acids is 1. The zero-order valence-electron chi connectivity index (χ0n) is 14.9. The number of rotatable bonds is 5. The van der Waals surface area contributed by atoms with E-state index in [0.29, 0.717) is 10.6 Å². The predicted octanol–water partition coefficient (Wildman–Crippen LogP) is 2.59. The minimum absolute atomic E-state index is 0.0216. The topological polar surface area (TPSA) is 95.5 Å². The molecule has 4 atom stereocenters. The summed E-state index contributed by atoms with van der Waals surface area (Å²) in [4.78, 5) is 38.7. The van der Waals surface area contributed by atoms with Gasteiger partial charge in [-0.05, 0) is 55.9 Å². The summed E-state index contributed by atoms with van der Waals surface area (Å²) in [6, 6.07) is 0.255. The van der Waals surface area contributed by atoms with Gasteiger partial charge in [0.05, 0.1) is 17.4 Å². The van der Waals surface area contributed by atoms with Crippen molar-refractivity contribution in [3.63, 3.8) is 0 Å². The number of aryl methyl sites for hydroxylation is 1. The number of thiophene rings is 1. The molecule has 0 saturated heterocycles. The van der Waals surface area contributed by atoms with Gasteiger partial charge in [-0.15, -0.1) is 11.3 Å². The maximum absolute atomic E-state index is 13.0. The molecule has 0 radical (unpaired) electrons. The van der Waals surface area contributed by atoms with Crippen LogP contribution >= 0.6 is 11.3 Å². The number of hydrogen-bond acceptors (Lipinski definition) is 4. The molecule has 0 aliphatic heterocycles. The molecule has 4 aliphatic rings. The predicted molar refractivity (Wildman–Crippen MR) is 101 cm³/mol. The Balaban J connectivity index is 1.42. The second-order valence-corrected chi connectivity index (χ2v) is 9.24. The van der Waals surface area contributed by atoms with E-state index in [1.165, 1.54) is 16.2 Å². The smallest absolute Gasteiger partial charge is 0.307 e. The maximum atomic E-state index is 13.0. The van der Waals surface area contributed by atoms with Gasteiger partial charge >= 0.3 is 5.97 Å². The van der Waals surface area contributed by atoms with Crippen molar-refractivity contribution in [3.05, 3.63) is 28.2 Å². The Morgan fingerprint density at radius 1 is 1.07 bits per heavy atom. The van der Waals surface area contributed by atoms with Crippen molar-refractivity contribution in [2.75, 3.05) is 5.32 Å². The van der Waals surface area contributed by atoms with Gasteiger partial charge < -0.3 is 15.7 Å². The fraction of sp³-hybridized carbons (Fsp3) is 0.550. The molecule has 0 aromatic carbocycles. The van der Waals surface area contributed by atoms with Gasteiger partial charge in [-0.1, -0.05) is 12.2 Å². The lowest BCUT2D eigenvalue weighted by molar-refractivity contribution is -0.146. The monoisotopic (exact) mass is 386 g/mol. The molecule has 27 heavy (non-hydrogen) atoms. The first-order chi connectivity index (χ1) is 13.0. The lowest BCUT2D eigenvalue weighted by Crippen LogP contribution is -2.36. The van der Waals surface area contributed by atoms with Gasteiger partial charge in [0.15, 0.2) is 0 Å². The van der Waals surface area contributed by atoms with Crippen molar-refractivity contribution in [2.45, 2.75) is 44.6 Å². The highest BCUT2D eigenvalue weighted by atomic mass is 32.1. The summed E-state index contributed by atoms with van der Waals surface area (Å²) in [5, 5.41) is 16.2. The van der Waals surface area contributed by atoms with E-state index >= 15 is 0 Å². The lowest BCUT2D eigenvalue weighted by Gasteiger charge is -2.23. The molecule has 1 heterocycles. The summed E-state index contributed by atoms with van der Waals surface area (Å²) >= 11 is 1.48. The summed E-state index contributed by atoms with van der Waals surface area (Å²) in [5.74, 6) is -2.59. The largest absolute Gasteiger partial charge is 0.481 e. The summed E-state index contributed by atoms with van der Waals surface area (Å²) < 4.78 is 0. The van der Waals surface area contributed by atoms with E-state index in [0.717, 1.165) is 44.1 Å². The van der Waals surface area contributed by atoms with Gasteiger partial charge in [-0.3, -0.25) is 14.4 Å². The van der Waals surface area contributed by atoms with Crippen LogP contribution in [0.3, 0.4) is 0 Å². The molecule has 142 valence electrons. The normalized spacial score (nSPS) is 30.4. The van der Waals surface area contributed by atoms with E-state index in [-0.39, 0.29) is 29.7 Å². The van der Waals surface area contributed by atoms with Crippen LogP contribution in [0.5, 0.6) is 0 Å². The fourth-order valence-electron chi connectivity index (χ4n) is 4.93. The van der Waals surface area contributed by atoms with Crippen molar-refractivity contribution in [3.8, 4) is 0 Å². The average molecular weight is 386 g/mol. The van der Waals surface area contributed by atoms with Crippen LogP contribution < -0.4 is 10.6 Å². The number of carbonyl (C=O) groups excluding carboxylic acids is 2. The van der Waals surface area contributed by atoms with Crippen molar-refractivity contribution in [2.24, 2.45) is 23.7 Å².